The molecule has 2 aliphatic heterocycles. The van der Waals surface area contributed by atoms with Crippen LogP contribution in [0.5, 0.6) is 5.75 Å². The van der Waals surface area contributed by atoms with Crippen LogP contribution in [-0.4, -0.2) is 35.3 Å². The first-order chi connectivity index (χ1) is 18.2. The van der Waals surface area contributed by atoms with E-state index in [1.165, 1.54) is 0 Å². The molecule has 0 aromatic heterocycles. The van der Waals surface area contributed by atoms with Crippen LogP contribution in [0.1, 0.15) is 76.1 Å². The molecule has 1 saturated carbocycles. The number of likely N-dealkylation sites (tertiary alicyclic amines) is 1. The summed E-state index contributed by atoms with van der Waals surface area (Å²) in [6.45, 7) is 6.69. The highest BCUT2D eigenvalue weighted by Crippen LogP contribution is 2.41. The zero-order valence-corrected chi connectivity index (χ0v) is 22.7. The Morgan fingerprint density at radius 1 is 1.05 bits per heavy atom. The highest BCUT2D eigenvalue weighted by molar-refractivity contribution is 5.91. The van der Waals surface area contributed by atoms with E-state index in [4.69, 9.17) is 10.5 Å². The number of carbonyl (C=O) groups excluding carboxylic acids is 2. The number of nitrogens with zero attached hydrogens (tertiary/aromatic N) is 1. The van der Waals surface area contributed by atoms with Gasteiger partial charge in [-0.15, -0.1) is 0 Å². The average Bonchev–Trinajstić information content (AvgIpc) is 3.64. The Morgan fingerprint density at radius 2 is 1.76 bits per heavy atom. The van der Waals surface area contributed by atoms with Gasteiger partial charge in [-0.1, -0.05) is 69.3 Å². The first-order valence-corrected chi connectivity index (χ1v) is 13.9. The molecule has 0 spiro atoms. The van der Waals surface area contributed by atoms with Crippen molar-refractivity contribution in [1.29, 1.82) is 0 Å². The second-order valence-electron chi connectivity index (χ2n) is 11.9. The maximum absolute atomic E-state index is 13.8. The van der Waals surface area contributed by atoms with Crippen molar-refractivity contribution >= 4 is 11.8 Å². The SMILES string of the molecule is CC(C)(C)[C@H](N/C=C(\N)C1CC1)C(=O)N1CCC[C@H]1C(=O)NC1C[C@@H](c2ccccc2)Oc2ccccc21. The molecule has 0 radical (unpaired) electrons. The molecule has 7 nitrogen and oxygen atoms in total. The van der Waals surface area contributed by atoms with Crippen molar-refractivity contribution in [3.05, 3.63) is 77.6 Å². The Bertz CT molecular complexity index is 1190. The normalized spacial score (nSPS) is 24.2. The third-order valence-electron chi connectivity index (χ3n) is 7.92. The van der Waals surface area contributed by atoms with E-state index in [1.54, 1.807) is 11.1 Å². The number of para-hydroxylation sites is 1. The van der Waals surface area contributed by atoms with E-state index >= 15 is 0 Å². The maximum atomic E-state index is 13.8. The molecule has 1 aliphatic carbocycles. The van der Waals surface area contributed by atoms with Crippen molar-refractivity contribution in [2.75, 3.05) is 6.54 Å². The molecule has 0 bridgehead atoms. The molecular weight excluding hydrogens is 476 g/mol. The predicted octanol–water partition coefficient (Wildman–Crippen LogP) is 4.57. The summed E-state index contributed by atoms with van der Waals surface area (Å²) in [6.07, 6.45) is 5.94. The number of hydrogen-bond acceptors (Lipinski definition) is 5. The minimum atomic E-state index is -0.496. The second-order valence-corrected chi connectivity index (χ2v) is 11.9. The number of amides is 2. The van der Waals surface area contributed by atoms with Crippen molar-refractivity contribution < 1.29 is 14.3 Å². The Balaban J connectivity index is 1.32. The van der Waals surface area contributed by atoms with E-state index in [9.17, 15) is 9.59 Å². The van der Waals surface area contributed by atoms with Gasteiger partial charge in [-0.05, 0) is 48.6 Å². The number of hydrogen-bond donors (Lipinski definition) is 3. The van der Waals surface area contributed by atoms with Crippen molar-refractivity contribution in [3.63, 3.8) is 0 Å². The molecule has 7 heteroatoms. The van der Waals surface area contributed by atoms with Crippen LogP contribution in [-0.2, 0) is 9.59 Å². The number of benzene rings is 2. The van der Waals surface area contributed by atoms with E-state index in [0.717, 1.165) is 41.8 Å². The smallest absolute Gasteiger partial charge is 0.246 e. The molecule has 2 aromatic carbocycles. The number of carbonyl (C=O) groups is 2. The predicted molar refractivity (Wildman–Crippen MR) is 148 cm³/mol. The Morgan fingerprint density at radius 3 is 2.47 bits per heavy atom. The molecule has 2 fully saturated rings. The molecule has 1 unspecified atom stereocenters. The van der Waals surface area contributed by atoms with E-state index < -0.39 is 12.1 Å². The van der Waals surface area contributed by atoms with Gasteiger partial charge < -0.3 is 26.0 Å². The number of fused-ring (bicyclic) bond motifs is 1. The second kappa shape index (κ2) is 10.7. The van der Waals surface area contributed by atoms with Crippen LogP contribution in [0.3, 0.4) is 0 Å². The van der Waals surface area contributed by atoms with Crippen LogP contribution in [0.2, 0.25) is 0 Å². The van der Waals surface area contributed by atoms with Crippen molar-refractivity contribution in [3.8, 4) is 5.75 Å². The molecule has 202 valence electrons. The van der Waals surface area contributed by atoms with Gasteiger partial charge in [0.25, 0.3) is 0 Å². The minimum absolute atomic E-state index is 0.0514. The molecular formula is C31H40N4O3. The number of ether oxygens (including phenoxy) is 1. The lowest BCUT2D eigenvalue weighted by Gasteiger charge is -2.37. The maximum Gasteiger partial charge on any atom is 0.246 e. The van der Waals surface area contributed by atoms with Gasteiger partial charge in [0.15, 0.2) is 0 Å². The van der Waals surface area contributed by atoms with Crippen molar-refractivity contribution in [1.82, 2.24) is 15.5 Å². The quantitative estimate of drug-likeness (QED) is 0.501. The lowest BCUT2D eigenvalue weighted by Crippen LogP contribution is -2.56. The summed E-state index contributed by atoms with van der Waals surface area (Å²) in [5.74, 6) is 1.05. The fourth-order valence-corrected chi connectivity index (χ4v) is 5.57. The summed E-state index contributed by atoms with van der Waals surface area (Å²) in [7, 11) is 0. The number of rotatable bonds is 7. The monoisotopic (exact) mass is 516 g/mol. The Kier molecular flexibility index (Phi) is 7.37. The van der Waals surface area contributed by atoms with Gasteiger partial charge in [-0.25, -0.2) is 0 Å². The van der Waals surface area contributed by atoms with Gasteiger partial charge in [0, 0.05) is 30.4 Å². The lowest BCUT2D eigenvalue weighted by atomic mass is 9.85. The van der Waals surface area contributed by atoms with Gasteiger partial charge in [0.05, 0.1) is 6.04 Å². The standard InChI is InChI=1S/C31H40N4O3/c1-31(2,3)28(33-19-23(32)20-15-16-20)30(37)35-17-9-13-25(35)29(36)34-24-18-27(21-10-5-4-6-11-21)38-26-14-8-7-12-22(24)26/h4-8,10-12,14,19-20,24-25,27-28,33H,9,13,15-18,32H2,1-3H3,(H,34,36)/b23-19-/t24?,25-,27-,28+/m0/s1. The Hall–Kier alpha value is -3.48. The molecule has 3 aliphatic rings. The van der Waals surface area contributed by atoms with Crippen LogP contribution in [0, 0.1) is 11.3 Å². The summed E-state index contributed by atoms with van der Waals surface area (Å²) >= 11 is 0. The highest BCUT2D eigenvalue weighted by Gasteiger charge is 2.42. The molecule has 2 heterocycles. The van der Waals surface area contributed by atoms with Crippen molar-refractivity contribution in [2.24, 2.45) is 17.1 Å². The average molecular weight is 517 g/mol. The number of nitrogens with two attached hydrogens (primary N) is 1. The molecule has 4 N–H and O–H groups in total. The molecule has 1 saturated heterocycles. The molecule has 38 heavy (non-hydrogen) atoms. The lowest BCUT2D eigenvalue weighted by molar-refractivity contribution is -0.142. The largest absolute Gasteiger partial charge is 0.485 e. The first kappa shape index (κ1) is 26.1. The van der Waals surface area contributed by atoms with Crippen LogP contribution in [0.15, 0.2) is 66.5 Å². The zero-order chi connectivity index (χ0) is 26.9. The van der Waals surface area contributed by atoms with E-state index in [1.807, 2.05) is 63.2 Å². The van der Waals surface area contributed by atoms with Crippen molar-refractivity contribution in [2.45, 2.75) is 77.1 Å². The third-order valence-corrected chi connectivity index (χ3v) is 7.92. The molecule has 4 atom stereocenters. The number of nitrogens with one attached hydrogen (secondary N) is 2. The molecule has 2 amide bonds. The van der Waals surface area contributed by atoms with E-state index in [0.29, 0.717) is 25.3 Å². The van der Waals surface area contributed by atoms with Gasteiger partial charge in [0.2, 0.25) is 11.8 Å². The van der Waals surface area contributed by atoms with Crippen LogP contribution < -0.4 is 21.1 Å². The van der Waals surface area contributed by atoms with E-state index in [-0.39, 0.29) is 29.4 Å². The fraction of sp³-hybridized carbons (Fsp3) is 0.484. The summed E-state index contributed by atoms with van der Waals surface area (Å²) < 4.78 is 6.31. The van der Waals surface area contributed by atoms with Crippen LogP contribution >= 0.6 is 0 Å². The highest BCUT2D eigenvalue weighted by atomic mass is 16.5. The molecule has 2 aromatic rings. The summed E-state index contributed by atoms with van der Waals surface area (Å²) in [5.41, 5.74) is 8.70. The van der Waals surface area contributed by atoms with Gasteiger partial charge in [-0.3, -0.25) is 9.59 Å². The first-order valence-electron chi connectivity index (χ1n) is 13.9. The Labute approximate surface area is 225 Å². The van der Waals surface area contributed by atoms with E-state index in [2.05, 4.69) is 22.8 Å². The van der Waals surface area contributed by atoms with Crippen LogP contribution in [0.25, 0.3) is 0 Å². The number of allylic oxidation sites excluding steroid dienone is 1. The summed E-state index contributed by atoms with van der Waals surface area (Å²) in [4.78, 5) is 29.3. The fourth-order valence-electron chi connectivity index (χ4n) is 5.57. The van der Waals surface area contributed by atoms with Gasteiger partial charge in [0.1, 0.15) is 23.9 Å². The van der Waals surface area contributed by atoms with Gasteiger partial charge >= 0.3 is 0 Å². The minimum Gasteiger partial charge on any atom is -0.485 e. The zero-order valence-electron chi connectivity index (χ0n) is 22.7. The molecule has 5 rings (SSSR count). The van der Waals surface area contributed by atoms with Gasteiger partial charge in [-0.2, -0.15) is 0 Å². The topological polar surface area (TPSA) is 96.7 Å². The summed E-state index contributed by atoms with van der Waals surface area (Å²) in [5, 5.41) is 6.60. The van der Waals surface area contributed by atoms with Crippen LogP contribution in [0.4, 0.5) is 0 Å². The summed E-state index contributed by atoms with van der Waals surface area (Å²) in [6, 6.07) is 16.8. The third kappa shape index (κ3) is 5.66.